The van der Waals surface area contributed by atoms with Crippen LogP contribution in [0.3, 0.4) is 0 Å². The van der Waals surface area contributed by atoms with E-state index in [1.807, 2.05) is 13.8 Å². The zero-order chi connectivity index (χ0) is 13.6. The van der Waals surface area contributed by atoms with Gasteiger partial charge < -0.3 is 4.74 Å². The minimum atomic E-state index is -3.32. The summed E-state index contributed by atoms with van der Waals surface area (Å²) in [5.74, 6) is -0.235. The average molecular weight is 270 g/mol. The highest BCUT2D eigenvalue weighted by Gasteiger charge is 2.15. The Kier molecular flexibility index (Phi) is 5.82. The normalized spacial score (nSPS) is 13.5. The van der Waals surface area contributed by atoms with Crippen LogP contribution in [0.1, 0.15) is 38.7 Å². The molecule has 4 heteroatoms. The van der Waals surface area contributed by atoms with Gasteiger partial charge in [0.1, 0.15) is 0 Å². The third kappa shape index (κ3) is 4.78. The first-order valence-electron chi connectivity index (χ1n) is 6.36. The number of benzene rings is 1. The van der Waals surface area contributed by atoms with Crippen LogP contribution >= 0.6 is 0 Å². The van der Waals surface area contributed by atoms with E-state index in [0.29, 0.717) is 4.90 Å². The summed E-state index contributed by atoms with van der Waals surface area (Å²) < 4.78 is 29.4. The SMILES string of the molecule is CCCCC(C)OCS(=O)(=O)c1ccc(C)cc1. The highest BCUT2D eigenvalue weighted by molar-refractivity contribution is 7.91. The second-order valence-electron chi connectivity index (χ2n) is 4.67. The summed E-state index contributed by atoms with van der Waals surface area (Å²) in [6, 6.07) is 6.86. The molecule has 1 aromatic rings. The summed E-state index contributed by atoms with van der Waals surface area (Å²) in [5, 5.41) is 0. The first kappa shape index (κ1) is 15.2. The van der Waals surface area contributed by atoms with Gasteiger partial charge in [-0.25, -0.2) is 8.42 Å². The smallest absolute Gasteiger partial charge is 0.202 e. The van der Waals surface area contributed by atoms with Crippen molar-refractivity contribution in [1.29, 1.82) is 0 Å². The summed E-state index contributed by atoms with van der Waals surface area (Å²) in [5.41, 5.74) is 1.05. The van der Waals surface area contributed by atoms with Gasteiger partial charge in [0, 0.05) is 0 Å². The second kappa shape index (κ2) is 6.90. The van der Waals surface area contributed by atoms with Gasteiger partial charge in [0.05, 0.1) is 11.0 Å². The Balaban J connectivity index is 2.57. The molecule has 0 saturated carbocycles. The van der Waals surface area contributed by atoms with Crippen molar-refractivity contribution in [3.63, 3.8) is 0 Å². The summed E-state index contributed by atoms with van der Waals surface area (Å²) in [6.45, 7) is 5.95. The Morgan fingerprint density at radius 2 is 1.83 bits per heavy atom. The summed E-state index contributed by atoms with van der Waals surface area (Å²) in [4.78, 5) is 0.329. The fourth-order valence-corrected chi connectivity index (χ4v) is 2.69. The summed E-state index contributed by atoms with van der Waals surface area (Å²) in [7, 11) is -3.32. The van der Waals surface area contributed by atoms with E-state index in [9.17, 15) is 8.42 Å². The van der Waals surface area contributed by atoms with Gasteiger partial charge in [-0.2, -0.15) is 0 Å². The number of hydrogen-bond acceptors (Lipinski definition) is 3. The third-order valence-electron chi connectivity index (χ3n) is 2.85. The van der Waals surface area contributed by atoms with Crippen molar-refractivity contribution < 1.29 is 13.2 Å². The van der Waals surface area contributed by atoms with Gasteiger partial charge in [0.2, 0.25) is 9.84 Å². The molecule has 0 saturated heterocycles. The fourth-order valence-electron chi connectivity index (χ4n) is 1.59. The maximum atomic E-state index is 12.0. The van der Waals surface area contributed by atoms with E-state index in [1.165, 1.54) is 0 Å². The van der Waals surface area contributed by atoms with E-state index in [-0.39, 0.29) is 12.0 Å². The molecule has 1 atom stereocenters. The minimum Gasteiger partial charge on any atom is -0.362 e. The van der Waals surface area contributed by atoms with Crippen molar-refractivity contribution in [2.45, 2.75) is 51.0 Å². The molecule has 1 unspecified atom stereocenters. The maximum absolute atomic E-state index is 12.0. The van der Waals surface area contributed by atoms with Crippen LogP contribution in [0, 0.1) is 6.92 Å². The predicted molar refractivity (Wildman–Crippen MR) is 73.3 cm³/mol. The van der Waals surface area contributed by atoms with Crippen LogP contribution in [0.4, 0.5) is 0 Å². The highest BCUT2D eigenvalue weighted by Crippen LogP contribution is 2.14. The molecule has 0 aliphatic heterocycles. The molecule has 0 bridgehead atoms. The highest BCUT2D eigenvalue weighted by atomic mass is 32.2. The average Bonchev–Trinajstić information content (AvgIpc) is 2.34. The molecule has 1 rings (SSSR count). The molecule has 18 heavy (non-hydrogen) atoms. The maximum Gasteiger partial charge on any atom is 0.202 e. The topological polar surface area (TPSA) is 43.4 Å². The monoisotopic (exact) mass is 270 g/mol. The van der Waals surface area contributed by atoms with Gasteiger partial charge >= 0.3 is 0 Å². The Labute approximate surface area is 110 Å². The number of sulfone groups is 1. The molecule has 102 valence electrons. The first-order valence-corrected chi connectivity index (χ1v) is 8.02. The molecule has 0 aromatic heterocycles. The quantitative estimate of drug-likeness (QED) is 0.763. The van der Waals surface area contributed by atoms with Gasteiger partial charge in [-0.15, -0.1) is 0 Å². The number of aryl methyl sites for hydroxylation is 1. The standard InChI is InChI=1S/C14H22O3S/c1-4-5-6-13(3)17-11-18(15,16)14-9-7-12(2)8-10-14/h7-10,13H,4-6,11H2,1-3H3. The van der Waals surface area contributed by atoms with Crippen molar-refractivity contribution >= 4 is 9.84 Å². The van der Waals surface area contributed by atoms with Gasteiger partial charge in [-0.3, -0.25) is 0 Å². The molecule has 0 amide bonds. The lowest BCUT2D eigenvalue weighted by Crippen LogP contribution is -2.16. The van der Waals surface area contributed by atoms with Crippen molar-refractivity contribution in [2.24, 2.45) is 0 Å². The van der Waals surface area contributed by atoms with Crippen molar-refractivity contribution in [3.8, 4) is 0 Å². The molecule has 0 heterocycles. The van der Waals surface area contributed by atoms with E-state index < -0.39 is 9.84 Å². The van der Waals surface area contributed by atoms with E-state index in [1.54, 1.807) is 24.3 Å². The minimum absolute atomic E-state index is 0.00910. The van der Waals surface area contributed by atoms with Gasteiger partial charge in [0.15, 0.2) is 5.94 Å². The molecular weight excluding hydrogens is 248 g/mol. The lowest BCUT2D eigenvalue weighted by molar-refractivity contribution is 0.0919. The number of rotatable bonds is 7. The van der Waals surface area contributed by atoms with Crippen LogP contribution < -0.4 is 0 Å². The Hall–Kier alpha value is -0.870. The molecule has 1 aromatic carbocycles. The molecule has 0 aliphatic carbocycles. The first-order chi connectivity index (χ1) is 8.45. The van der Waals surface area contributed by atoms with Gasteiger partial charge in [-0.05, 0) is 32.4 Å². The lowest BCUT2D eigenvalue weighted by Gasteiger charge is -2.12. The van der Waals surface area contributed by atoms with E-state index in [2.05, 4.69) is 6.92 Å². The number of unbranched alkanes of at least 4 members (excludes halogenated alkanes) is 1. The van der Waals surface area contributed by atoms with Crippen molar-refractivity contribution in [2.75, 3.05) is 5.94 Å². The lowest BCUT2D eigenvalue weighted by atomic mass is 10.2. The predicted octanol–water partition coefficient (Wildman–Crippen LogP) is 3.32. The summed E-state index contributed by atoms with van der Waals surface area (Å²) in [6.07, 6.45) is 3.05. The third-order valence-corrected chi connectivity index (χ3v) is 4.29. The van der Waals surface area contributed by atoms with Crippen LogP contribution in [0.25, 0.3) is 0 Å². The van der Waals surface area contributed by atoms with Crippen LogP contribution in [0.2, 0.25) is 0 Å². The van der Waals surface area contributed by atoms with Gasteiger partial charge in [0.25, 0.3) is 0 Å². The van der Waals surface area contributed by atoms with E-state index in [0.717, 1.165) is 24.8 Å². The number of hydrogen-bond donors (Lipinski definition) is 0. The Morgan fingerprint density at radius 3 is 2.39 bits per heavy atom. The molecule has 0 spiro atoms. The summed E-state index contributed by atoms with van der Waals surface area (Å²) >= 11 is 0. The molecule has 0 aliphatic rings. The van der Waals surface area contributed by atoms with Crippen LogP contribution in [-0.4, -0.2) is 20.5 Å². The molecule has 0 N–H and O–H groups in total. The Bertz CT molecular complexity index is 448. The van der Waals surface area contributed by atoms with Gasteiger partial charge in [-0.1, -0.05) is 37.5 Å². The molecule has 0 radical (unpaired) electrons. The second-order valence-corrected chi connectivity index (χ2v) is 6.60. The van der Waals surface area contributed by atoms with Crippen LogP contribution in [0.15, 0.2) is 29.2 Å². The molecular formula is C14H22O3S. The largest absolute Gasteiger partial charge is 0.362 e. The number of ether oxygens (including phenoxy) is 1. The van der Waals surface area contributed by atoms with Crippen LogP contribution in [-0.2, 0) is 14.6 Å². The molecule has 3 nitrogen and oxygen atoms in total. The van der Waals surface area contributed by atoms with Crippen molar-refractivity contribution in [1.82, 2.24) is 0 Å². The van der Waals surface area contributed by atoms with Crippen LogP contribution in [0.5, 0.6) is 0 Å². The Morgan fingerprint density at radius 1 is 1.22 bits per heavy atom. The van der Waals surface area contributed by atoms with E-state index in [4.69, 9.17) is 4.74 Å². The zero-order valence-corrected chi connectivity index (χ0v) is 12.2. The fraction of sp³-hybridized carbons (Fsp3) is 0.571. The molecule has 0 fully saturated rings. The van der Waals surface area contributed by atoms with Crippen molar-refractivity contribution in [3.05, 3.63) is 29.8 Å². The van der Waals surface area contributed by atoms with E-state index >= 15 is 0 Å². The zero-order valence-electron chi connectivity index (χ0n) is 11.3.